The second-order valence-electron chi connectivity index (χ2n) is 3.37. The number of rotatable bonds is 4. The van der Waals surface area contributed by atoms with Crippen LogP contribution in [0.15, 0.2) is 18.2 Å². The number of hydrogen-bond acceptors (Lipinski definition) is 3. The summed E-state index contributed by atoms with van der Waals surface area (Å²) in [6, 6.07) is 4.90. The lowest BCUT2D eigenvalue weighted by Gasteiger charge is -2.13. The summed E-state index contributed by atoms with van der Waals surface area (Å²) < 4.78 is 0. The zero-order valence-electron chi connectivity index (χ0n) is 8.74. The van der Waals surface area contributed by atoms with E-state index >= 15 is 0 Å². The minimum absolute atomic E-state index is 0.0290. The van der Waals surface area contributed by atoms with E-state index in [1.165, 1.54) is 6.07 Å². The van der Waals surface area contributed by atoms with Crippen LogP contribution in [0.5, 0.6) is 0 Å². The highest BCUT2D eigenvalue weighted by atomic mass is 35.5. The zero-order chi connectivity index (χ0) is 11.4. The first kappa shape index (κ1) is 11.9. The van der Waals surface area contributed by atoms with Crippen LogP contribution in [-0.2, 0) is 6.54 Å². The molecule has 0 saturated carbocycles. The van der Waals surface area contributed by atoms with Crippen molar-refractivity contribution in [1.29, 1.82) is 0 Å². The van der Waals surface area contributed by atoms with Crippen molar-refractivity contribution in [2.75, 3.05) is 13.6 Å². The Morgan fingerprint density at radius 3 is 2.73 bits per heavy atom. The maximum Gasteiger partial charge on any atom is 0.288 e. The van der Waals surface area contributed by atoms with Gasteiger partial charge in [0.05, 0.1) is 4.92 Å². The molecule has 0 fully saturated rings. The molecule has 1 rings (SSSR count). The maximum atomic E-state index is 10.6. The SMILES string of the molecule is CCN(C)Cc1ccc(Cl)c([N+](=O)[O-])c1. The third-order valence-corrected chi connectivity index (χ3v) is 2.52. The number of benzene rings is 1. The Bertz CT molecular complexity index is 368. The molecule has 4 nitrogen and oxygen atoms in total. The van der Waals surface area contributed by atoms with Gasteiger partial charge in [-0.15, -0.1) is 0 Å². The molecule has 0 atom stereocenters. The number of nitro benzene ring substituents is 1. The molecule has 0 aromatic heterocycles. The molecule has 0 saturated heterocycles. The minimum Gasteiger partial charge on any atom is -0.302 e. The fraction of sp³-hybridized carbons (Fsp3) is 0.400. The van der Waals surface area contributed by atoms with Gasteiger partial charge in [-0.2, -0.15) is 0 Å². The van der Waals surface area contributed by atoms with Crippen LogP contribution in [0, 0.1) is 10.1 Å². The van der Waals surface area contributed by atoms with Crippen molar-refractivity contribution in [3.63, 3.8) is 0 Å². The molecule has 0 amide bonds. The lowest BCUT2D eigenvalue weighted by atomic mass is 10.2. The van der Waals surface area contributed by atoms with Crippen LogP contribution in [0.3, 0.4) is 0 Å². The zero-order valence-corrected chi connectivity index (χ0v) is 9.49. The molecule has 15 heavy (non-hydrogen) atoms. The van der Waals surface area contributed by atoms with Gasteiger partial charge >= 0.3 is 0 Å². The first-order chi connectivity index (χ1) is 7.04. The van der Waals surface area contributed by atoms with Crippen molar-refractivity contribution in [3.8, 4) is 0 Å². The highest BCUT2D eigenvalue weighted by molar-refractivity contribution is 6.32. The summed E-state index contributed by atoms with van der Waals surface area (Å²) in [5.41, 5.74) is 0.870. The minimum atomic E-state index is -0.461. The normalized spacial score (nSPS) is 10.7. The fourth-order valence-corrected chi connectivity index (χ4v) is 1.41. The van der Waals surface area contributed by atoms with Crippen LogP contribution < -0.4 is 0 Å². The Morgan fingerprint density at radius 1 is 1.53 bits per heavy atom. The highest BCUT2D eigenvalue weighted by Gasteiger charge is 2.12. The molecule has 1 aromatic rings. The van der Waals surface area contributed by atoms with Crippen molar-refractivity contribution in [1.82, 2.24) is 4.90 Å². The van der Waals surface area contributed by atoms with E-state index in [4.69, 9.17) is 11.6 Å². The van der Waals surface area contributed by atoms with Crippen molar-refractivity contribution >= 4 is 17.3 Å². The van der Waals surface area contributed by atoms with Gasteiger partial charge in [-0.05, 0) is 25.2 Å². The molecular weight excluding hydrogens is 216 g/mol. The van der Waals surface area contributed by atoms with Crippen molar-refractivity contribution in [2.24, 2.45) is 0 Å². The summed E-state index contributed by atoms with van der Waals surface area (Å²) in [7, 11) is 1.96. The van der Waals surface area contributed by atoms with Crippen LogP contribution in [0.25, 0.3) is 0 Å². The summed E-state index contributed by atoms with van der Waals surface area (Å²) in [5, 5.41) is 10.8. The molecular formula is C10H13ClN2O2. The molecule has 0 aliphatic carbocycles. The molecule has 0 aliphatic heterocycles. The topological polar surface area (TPSA) is 46.4 Å². The van der Waals surface area contributed by atoms with E-state index in [2.05, 4.69) is 4.90 Å². The monoisotopic (exact) mass is 228 g/mol. The van der Waals surface area contributed by atoms with Crippen LogP contribution in [0.1, 0.15) is 12.5 Å². The first-order valence-electron chi connectivity index (χ1n) is 4.66. The molecule has 1 aromatic carbocycles. The van der Waals surface area contributed by atoms with Crippen LogP contribution in [0.4, 0.5) is 5.69 Å². The van der Waals surface area contributed by atoms with Gasteiger partial charge in [0, 0.05) is 12.6 Å². The van der Waals surface area contributed by atoms with Gasteiger partial charge in [-0.25, -0.2) is 0 Å². The number of nitrogens with zero attached hydrogens (tertiary/aromatic N) is 2. The van der Waals surface area contributed by atoms with Crippen molar-refractivity contribution < 1.29 is 4.92 Å². The van der Waals surface area contributed by atoms with E-state index in [1.54, 1.807) is 6.07 Å². The Morgan fingerprint density at radius 2 is 2.20 bits per heavy atom. The maximum absolute atomic E-state index is 10.6. The Balaban J connectivity index is 2.92. The molecule has 0 heterocycles. The molecule has 82 valence electrons. The second kappa shape index (κ2) is 5.09. The van der Waals surface area contributed by atoms with Gasteiger partial charge in [0.25, 0.3) is 5.69 Å². The van der Waals surface area contributed by atoms with E-state index in [9.17, 15) is 10.1 Å². The fourth-order valence-electron chi connectivity index (χ4n) is 1.22. The van der Waals surface area contributed by atoms with Gasteiger partial charge in [0.15, 0.2) is 0 Å². The number of nitro groups is 1. The number of hydrogen-bond donors (Lipinski definition) is 0. The lowest BCUT2D eigenvalue weighted by molar-refractivity contribution is -0.384. The van der Waals surface area contributed by atoms with Crippen molar-refractivity contribution in [3.05, 3.63) is 38.9 Å². The third-order valence-electron chi connectivity index (χ3n) is 2.20. The van der Waals surface area contributed by atoms with Gasteiger partial charge in [0.2, 0.25) is 0 Å². The number of halogens is 1. The standard InChI is InChI=1S/C10H13ClN2O2/c1-3-12(2)7-8-4-5-9(11)10(6-8)13(14)15/h4-6H,3,7H2,1-2H3. The van der Waals surface area contributed by atoms with Crippen LogP contribution in [-0.4, -0.2) is 23.4 Å². The smallest absolute Gasteiger partial charge is 0.288 e. The van der Waals surface area contributed by atoms with Crippen LogP contribution in [0.2, 0.25) is 5.02 Å². The van der Waals surface area contributed by atoms with Gasteiger partial charge in [0.1, 0.15) is 5.02 Å². The molecule has 0 radical (unpaired) electrons. The van der Waals surface area contributed by atoms with E-state index in [1.807, 2.05) is 20.0 Å². The van der Waals surface area contributed by atoms with Crippen LogP contribution >= 0.6 is 11.6 Å². The van der Waals surface area contributed by atoms with Gasteiger partial charge in [-0.3, -0.25) is 10.1 Å². The largest absolute Gasteiger partial charge is 0.302 e. The molecule has 0 spiro atoms. The molecule has 0 aliphatic rings. The van der Waals surface area contributed by atoms with Crippen molar-refractivity contribution in [2.45, 2.75) is 13.5 Å². The molecule has 0 N–H and O–H groups in total. The molecule has 5 heteroatoms. The predicted molar refractivity (Wildman–Crippen MR) is 60.1 cm³/mol. The average Bonchev–Trinajstić information content (AvgIpc) is 2.20. The summed E-state index contributed by atoms with van der Waals surface area (Å²) in [6.45, 7) is 3.62. The quantitative estimate of drug-likeness (QED) is 0.588. The van der Waals surface area contributed by atoms with E-state index in [0.717, 1.165) is 12.1 Å². The van der Waals surface area contributed by atoms with E-state index in [-0.39, 0.29) is 10.7 Å². The second-order valence-corrected chi connectivity index (χ2v) is 3.78. The molecule has 0 unspecified atom stereocenters. The summed E-state index contributed by atoms with van der Waals surface area (Å²) in [6.07, 6.45) is 0. The Labute approximate surface area is 93.6 Å². The Hall–Kier alpha value is -1.13. The lowest BCUT2D eigenvalue weighted by Crippen LogP contribution is -2.16. The molecule has 0 bridgehead atoms. The highest BCUT2D eigenvalue weighted by Crippen LogP contribution is 2.25. The Kier molecular flexibility index (Phi) is 4.05. The van der Waals surface area contributed by atoms with Gasteiger partial charge < -0.3 is 4.90 Å². The summed E-state index contributed by atoms with van der Waals surface area (Å²) >= 11 is 5.71. The van der Waals surface area contributed by atoms with Gasteiger partial charge in [-0.1, -0.05) is 24.6 Å². The third kappa shape index (κ3) is 3.18. The van der Waals surface area contributed by atoms with E-state index < -0.39 is 4.92 Å². The first-order valence-corrected chi connectivity index (χ1v) is 5.03. The average molecular weight is 229 g/mol. The van der Waals surface area contributed by atoms with E-state index in [0.29, 0.717) is 6.54 Å². The predicted octanol–water partition coefficient (Wildman–Crippen LogP) is 2.70. The summed E-state index contributed by atoms with van der Waals surface area (Å²) in [5.74, 6) is 0. The summed E-state index contributed by atoms with van der Waals surface area (Å²) in [4.78, 5) is 12.2.